The van der Waals surface area contributed by atoms with Crippen molar-refractivity contribution < 1.29 is 0 Å². The Kier molecular flexibility index (Phi) is 3.85. The van der Waals surface area contributed by atoms with E-state index in [0.29, 0.717) is 6.04 Å². The van der Waals surface area contributed by atoms with Crippen LogP contribution in [0.5, 0.6) is 0 Å². The summed E-state index contributed by atoms with van der Waals surface area (Å²) < 4.78 is 0. The van der Waals surface area contributed by atoms with Gasteiger partial charge in [-0.2, -0.15) is 11.8 Å². The maximum Gasteiger partial charge on any atom is 0.0570 e. The van der Waals surface area contributed by atoms with Crippen molar-refractivity contribution in [2.45, 2.75) is 25.3 Å². The number of pyridine rings is 1. The van der Waals surface area contributed by atoms with Crippen molar-refractivity contribution in [3.05, 3.63) is 65.0 Å². The van der Waals surface area contributed by atoms with Crippen LogP contribution in [0.4, 0.5) is 0 Å². The third-order valence-corrected chi connectivity index (χ3v) is 4.69. The zero-order valence-corrected chi connectivity index (χ0v) is 11.9. The summed E-state index contributed by atoms with van der Waals surface area (Å²) >= 11 is 2.00. The second-order valence-corrected chi connectivity index (χ2v) is 5.94. The van der Waals surface area contributed by atoms with Gasteiger partial charge >= 0.3 is 0 Å². The van der Waals surface area contributed by atoms with E-state index < -0.39 is 0 Å². The number of benzene rings is 1. The smallest absolute Gasteiger partial charge is 0.0570 e. The summed E-state index contributed by atoms with van der Waals surface area (Å²) in [5.41, 5.74) is 5.33. The van der Waals surface area contributed by atoms with Crippen molar-refractivity contribution in [2.24, 2.45) is 0 Å². The van der Waals surface area contributed by atoms with Crippen LogP contribution < -0.4 is 5.32 Å². The van der Waals surface area contributed by atoms with Crippen molar-refractivity contribution in [3.8, 4) is 0 Å². The van der Waals surface area contributed by atoms with Crippen molar-refractivity contribution in [1.29, 1.82) is 0 Å². The number of thioether (sulfide) groups is 1. The van der Waals surface area contributed by atoms with Crippen LogP contribution in [0.2, 0.25) is 0 Å². The Bertz CT molecular complexity index is 568. The molecule has 1 aliphatic rings. The van der Waals surface area contributed by atoms with Gasteiger partial charge in [0.1, 0.15) is 0 Å². The molecule has 19 heavy (non-hydrogen) atoms. The maximum absolute atomic E-state index is 4.45. The lowest BCUT2D eigenvalue weighted by Gasteiger charge is -2.26. The molecule has 0 radical (unpaired) electrons. The number of hydrogen-bond acceptors (Lipinski definition) is 3. The van der Waals surface area contributed by atoms with Crippen molar-refractivity contribution >= 4 is 11.8 Å². The number of fused-ring (bicyclic) bond motifs is 1. The zero-order chi connectivity index (χ0) is 13.1. The van der Waals surface area contributed by atoms with Crippen LogP contribution >= 0.6 is 11.8 Å². The van der Waals surface area contributed by atoms with Gasteiger partial charge in [-0.3, -0.25) is 4.98 Å². The summed E-state index contributed by atoms with van der Waals surface area (Å²) in [6.45, 7) is 2.96. The summed E-state index contributed by atoms with van der Waals surface area (Å²) in [6.07, 6.45) is 1.87. The first kappa shape index (κ1) is 12.7. The molecule has 1 aliphatic heterocycles. The lowest BCUT2D eigenvalue weighted by Crippen LogP contribution is -2.26. The molecule has 1 aromatic heterocycles. The van der Waals surface area contributed by atoms with Gasteiger partial charge in [0.2, 0.25) is 0 Å². The van der Waals surface area contributed by atoms with Gasteiger partial charge in [0.05, 0.1) is 5.69 Å². The molecule has 2 heterocycles. The van der Waals surface area contributed by atoms with E-state index in [4.69, 9.17) is 0 Å². The highest BCUT2D eigenvalue weighted by molar-refractivity contribution is 7.98. The Balaban J connectivity index is 1.73. The highest BCUT2D eigenvalue weighted by atomic mass is 32.2. The number of nitrogens with one attached hydrogen (secondary N) is 1. The van der Waals surface area contributed by atoms with Gasteiger partial charge in [0.25, 0.3) is 0 Å². The van der Waals surface area contributed by atoms with Crippen LogP contribution in [0.3, 0.4) is 0 Å². The average Bonchev–Trinajstić information content (AvgIpc) is 2.46. The van der Waals surface area contributed by atoms with E-state index in [2.05, 4.69) is 47.6 Å². The first-order chi connectivity index (χ1) is 9.34. The van der Waals surface area contributed by atoms with E-state index in [1.165, 1.54) is 16.7 Å². The van der Waals surface area contributed by atoms with Crippen molar-refractivity contribution in [1.82, 2.24) is 10.3 Å². The summed E-state index contributed by atoms with van der Waals surface area (Å²) in [6, 6.07) is 13.3. The van der Waals surface area contributed by atoms with Gasteiger partial charge in [-0.15, -0.1) is 0 Å². The molecule has 0 saturated heterocycles. The maximum atomic E-state index is 4.45. The van der Waals surface area contributed by atoms with Gasteiger partial charge < -0.3 is 5.32 Å². The molecule has 1 N–H and O–H groups in total. The van der Waals surface area contributed by atoms with Gasteiger partial charge in [-0.25, -0.2) is 0 Å². The SMILES string of the molecule is Cc1cccnc1CNC1CSCc2ccccc21. The summed E-state index contributed by atoms with van der Waals surface area (Å²) in [4.78, 5) is 4.45. The number of aryl methyl sites for hydroxylation is 1. The molecule has 0 bridgehead atoms. The molecule has 1 atom stereocenters. The predicted octanol–water partition coefficient (Wildman–Crippen LogP) is 3.47. The second-order valence-electron chi connectivity index (χ2n) is 4.91. The third-order valence-electron chi connectivity index (χ3n) is 3.61. The highest BCUT2D eigenvalue weighted by Crippen LogP contribution is 2.31. The van der Waals surface area contributed by atoms with E-state index in [0.717, 1.165) is 23.7 Å². The van der Waals surface area contributed by atoms with Crippen LogP contribution in [0.1, 0.15) is 28.4 Å². The first-order valence-electron chi connectivity index (χ1n) is 6.64. The molecule has 0 fully saturated rings. The second kappa shape index (κ2) is 5.76. The van der Waals surface area contributed by atoms with Crippen LogP contribution in [0.25, 0.3) is 0 Å². The van der Waals surface area contributed by atoms with Gasteiger partial charge in [0.15, 0.2) is 0 Å². The predicted molar refractivity (Wildman–Crippen MR) is 81.2 cm³/mol. The third kappa shape index (κ3) is 2.82. The van der Waals surface area contributed by atoms with E-state index in [-0.39, 0.29) is 0 Å². The Labute approximate surface area is 118 Å². The molecule has 0 saturated carbocycles. The molecule has 1 unspecified atom stereocenters. The molecule has 0 spiro atoms. The Hall–Kier alpha value is -1.32. The van der Waals surface area contributed by atoms with Gasteiger partial charge in [-0.05, 0) is 29.7 Å². The minimum absolute atomic E-state index is 0.441. The topological polar surface area (TPSA) is 24.9 Å². The molecule has 2 aromatic rings. The molecular formula is C16H18N2S. The zero-order valence-electron chi connectivity index (χ0n) is 11.1. The number of rotatable bonds is 3. The fourth-order valence-electron chi connectivity index (χ4n) is 2.47. The van der Waals surface area contributed by atoms with Crippen LogP contribution in [-0.2, 0) is 12.3 Å². The van der Waals surface area contributed by atoms with Crippen LogP contribution in [0.15, 0.2) is 42.6 Å². The lowest BCUT2D eigenvalue weighted by molar-refractivity contribution is 0.566. The number of hydrogen-bond donors (Lipinski definition) is 1. The van der Waals surface area contributed by atoms with Gasteiger partial charge in [-0.1, -0.05) is 30.3 Å². The van der Waals surface area contributed by atoms with E-state index in [1.54, 1.807) is 0 Å². The normalized spacial score (nSPS) is 18.1. The van der Waals surface area contributed by atoms with Gasteiger partial charge in [0, 0.05) is 30.3 Å². The molecule has 3 rings (SSSR count). The quantitative estimate of drug-likeness (QED) is 0.924. The average molecular weight is 270 g/mol. The first-order valence-corrected chi connectivity index (χ1v) is 7.79. The van der Waals surface area contributed by atoms with Crippen LogP contribution in [-0.4, -0.2) is 10.7 Å². The molecule has 0 amide bonds. The Morgan fingerprint density at radius 3 is 3.05 bits per heavy atom. The molecular weight excluding hydrogens is 252 g/mol. The monoisotopic (exact) mass is 270 g/mol. The standard InChI is InChI=1S/C16H18N2S/c1-12-5-4-8-17-15(12)9-18-16-11-19-10-13-6-2-3-7-14(13)16/h2-8,16,18H,9-11H2,1H3. The van der Waals surface area contributed by atoms with E-state index >= 15 is 0 Å². The molecule has 3 heteroatoms. The van der Waals surface area contributed by atoms with E-state index in [1.807, 2.05) is 24.0 Å². The lowest BCUT2D eigenvalue weighted by atomic mass is 10.0. The minimum atomic E-state index is 0.441. The Morgan fingerprint density at radius 1 is 1.26 bits per heavy atom. The molecule has 1 aromatic carbocycles. The highest BCUT2D eigenvalue weighted by Gasteiger charge is 2.19. The van der Waals surface area contributed by atoms with Crippen LogP contribution in [0, 0.1) is 6.92 Å². The fraction of sp³-hybridized carbons (Fsp3) is 0.312. The molecule has 2 nitrogen and oxygen atoms in total. The van der Waals surface area contributed by atoms with E-state index in [9.17, 15) is 0 Å². The summed E-state index contributed by atoms with van der Waals surface area (Å²) in [5.74, 6) is 2.28. The molecule has 98 valence electrons. The van der Waals surface area contributed by atoms with Crippen molar-refractivity contribution in [3.63, 3.8) is 0 Å². The number of nitrogens with zero attached hydrogens (tertiary/aromatic N) is 1. The summed E-state index contributed by atoms with van der Waals surface area (Å²) in [7, 11) is 0. The summed E-state index contributed by atoms with van der Waals surface area (Å²) in [5, 5.41) is 3.65. The Morgan fingerprint density at radius 2 is 2.16 bits per heavy atom. The molecule has 0 aliphatic carbocycles. The van der Waals surface area contributed by atoms with Crippen molar-refractivity contribution in [2.75, 3.05) is 5.75 Å². The fourth-order valence-corrected chi connectivity index (χ4v) is 3.61. The minimum Gasteiger partial charge on any atom is -0.304 e. The number of aromatic nitrogens is 1. The largest absolute Gasteiger partial charge is 0.304 e.